The number of carbonyl (C=O) groups excluding carboxylic acids is 1. The molecule has 1 saturated heterocycles. The van der Waals surface area contributed by atoms with Gasteiger partial charge < -0.3 is 25.0 Å². The largest absolute Gasteiger partial charge is 0.493 e. The van der Waals surface area contributed by atoms with Crippen molar-refractivity contribution in [1.29, 1.82) is 0 Å². The van der Waals surface area contributed by atoms with Gasteiger partial charge in [0.15, 0.2) is 11.5 Å². The summed E-state index contributed by atoms with van der Waals surface area (Å²) in [4.78, 5) is 17.1. The third-order valence-corrected chi connectivity index (χ3v) is 5.82. The molecule has 1 aliphatic heterocycles. The van der Waals surface area contributed by atoms with E-state index in [1.165, 1.54) is 5.69 Å². The van der Waals surface area contributed by atoms with E-state index in [0.717, 1.165) is 44.8 Å². The summed E-state index contributed by atoms with van der Waals surface area (Å²) in [7, 11) is 1.60. The Balaban J connectivity index is 1.19. The summed E-state index contributed by atoms with van der Waals surface area (Å²) >= 11 is 0. The topological polar surface area (TPSA) is 66.1 Å². The average molecular weight is 461 g/mol. The van der Waals surface area contributed by atoms with E-state index >= 15 is 0 Å². The number of nitrogens with one attached hydrogen (secondary N) is 2. The van der Waals surface area contributed by atoms with E-state index in [2.05, 4.69) is 50.8 Å². The van der Waals surface area contributed by atoms with E-state index in [9.17, 15) is 4.79 Å². The van der Waals surface area contributed by atoms with Gasteiger partial charge in [0.1, 0.15) is 0 Å². The minimum atomic E-state index is -0.311. The highest BCUT2D eigenvalue weighted by Crippen LogP contribution is 2.30. The smallest absolute Gasteiger partial charge is 0.323 e. The fraction of sp³-hybridized carbons (Fsp3) is 0.296. The van der Waals surface area contributed by atoms with Gasteiger partial charge in [0.05, 0.1) is 13.7 Å². The molecule has 4 rings (SSSR count). The zero-order valence-corrected chi connectivity index (χ0v) is 19.6. The quantitative estimate of drug-likeness (QED) is 0.443. The van der Waals surface area contributed by atoms with Gasteiger partial charge in [0.2, 0.25) is 0 Å². The summed E-state index contributed by atoms with van der Waals surface area (Å²) in [5, 5.41) is 5.62. The van der Waals surface area contributed by atoms with Crippen LogP contribution in [0.2, 0.25) is 0 Å². The van der Waals surface area contributed by atoms with Crippen LogP contribution >= 0.6 is 0 Å². The first kappa shape index (κ1) is 23.4. The lowest BCUT2D eigenvalue weighted by molar-refractivity contribution is 0.221. The van der Waals surface area contributed by atoms with Gasteiger partial charge in [-0.15, -0.1) is 0 Å². The van der Waals surface area contributed by atoms with Crippen molar-refractivity contribution in [3.8, 4) is 11.5 Å². The molecule has 178 valence electrons. The van der Waals surface area contributed by atoms with E-state index < -0.39 is 0 Å². The summed E-state index contributed by atoms with van der Waals surface area (Å²) in [5.41, 5.74) is 2.66. The van der Waals surface area contributed by atoms with Gasteiger partial charge in [-0.3, -0.25) is 4.90 Å². The van der Waals surface area contributed by atoms with Crippen molar-refractivity contribution in [3.05, 3.63) is 78.9 Å². The number of benzene rings is 3. The normalized spacial score (nSPS) is 13.9. The number of methoxy groups -OCH3 is 1. The van der Waals surface area contributed by atoms with Crippen LogP contribution in [0.25, 0.3) is 0 Å². The van der Waals surface area contributed by atoms with Crippen LogP contribution in [0.5, 0.6) is 11.5 Å². The molecule has 3 aromatic carbocycles. The molecule has 2 N–H and O–H groups in total. The molecule has 1 aliphatic rings. The highest BCUT2D eigenvalue weighted by Gasteiger charge is 2.16. The van der Waals surface area contributed by atoms with Gasteiger partial charge in [0, 0.05) is 55.9 Å². The van der Waals surface area contributed by atoms with E-state index in [1.807, 2.05) is 42.5 Å². The third kappa shape index (κ3) is 6.65. The number of anilines is 3. The lowest BCUT2D eigenvalue weighted by atomic mass is 10.2. The number of rotatable bonds is 9. The van der Waals surface area contributed by atoms with E-state index in [0.29, 0.717) is 23.8 Å². The van der Waals surface area contributed by atoms with Crippen LogP contribution < -0.4 is 25.0 Å². The zero-order valence-electron chi connectivity index (χ0n) is 19.6. The standard InChI is InChI=1S/C27H32N4O3/c1-33-26-21-23(29-27(32)28-22-9-4-2-5-10-22)13-14-25(26)34-20-8-15-30-16-18-31(19-17-30)24-11-6-3-7-12-24/h2-7,9-14,21H,8,15-20H2,1H3,(H2,28,29,32). The van der Waals surface area contributed by atoms with Gasteiger partial charge in [0.25, 0.3) is 0 Å². The van der Waals surface area contributed by atoms with Crippen molar-refractivity contribution in [2.75, 3.05) is 62.0 Å². The van der Waals surface area contributed by atoms with Crippen LogP contribution in [-0.4, -0.2) is 57.4 Å². The molecule has 0 radical (unpaired) electrons. The first-order valence-electron chi connectivity index (χ1n) is 11.7. The minimum Gasteiger partial charge on any atom is -0.493 e. The molecule has 1 fully saturated rings. The number of piperazine rings is 1. The van der Waals surface area contributed by atoms with Crippen molar-refractivity contribution in [2.24, 2.45) is 0 Å². The zero-order chi connectivity index (χ0) is 23.6. The molecule has 0 unspecified atom stereocenters. The maximum atomic E-state index is 12.2. The molecule has 0 aromatic heterocycles. The van der Waals surface area contributed by atoms with E-state index in [-0.39, 0.29) is 6.03 Å². The third-order valence-electron chi connectivity index (χ3n) is 5.82. The molecule has 0 spiro atoms. The number of carbonyl (C=O) groups is 1. The maximum Gasteiger partial charge on any atom is 0.323 e. The first-order valence-corrected chi connectivity index (χ1v) is 11.7. The van der Waals surface area contributed by atoms with Crippen LogP contribution in [0, 0.1) is 0 Å². The molecular formula is C27H32N4O3. The van der Waals surface area contributed by atoms with Gasteiger partial charge in [-0.25, -0.2) is 4.79 Å². The van der Waals surface area contributed by atoms with Crippen LogP contribution in [0.3, 0.4) is 0 Å². The Morgan fingerprint density at radius 1 is 0.824 bits per heavy atom. The van der Waals surface area contributed by atoms with Gasteiger partial charge in [-0.05, 0) is 42.8 Å². The van der Waals surface area contributed by atoms with Crippen molar-refractivity contribution in [3.63, 3.8) is 0 Å². The van der Waals surface area contributed by atoms with Gasteiger partial charge >= 0.3 is 6.03 Å². The number of para-hydroxylation sites is 2. The predicted molar refractivity (Wildman–Crippen MR) is 137 cm³/mol. The summed E-state index contributed by atoms with van der Waals surface area (Å²) < 4.78 is 11.4. The lowest BCUT2D eigenvalue weighted by Gasteiger charge is -2.36. The Labute approximate surface area is 201 Å². The molecule has 1 heterocycles. The molecule has 34 heavy (non-hydrogen) atoms. The monoisotopic (exact) mass is 460 g/mol. The molecule has 7 heteroatoms. The maximum absolute atomic E-state index is 12.2. The van der Waals surface area contributed by atoms with Crippen molar-refractivity contribution >= 4 is 23.1 Å². The van der Waals surface area contributed by atoms with Crippen LogP contribution in [0.1, 0.15) is 6.42 Å². The second-order valence-corrected chi connectivity index (χ2v) is 8.18. The van der Waals surface area contributed by atoms with Crippen LogP contribution in [0.4, 0.5) is 21.9 Å². The predicted octanol–water partition coefficient (Wildman–Crippen LogP) is 4.93. The van der Waals surface area contributed by atoms with Gasteiger partial charge in [-0.2, -0.15) is 0 Å². The number of amides is 2. The second kappa shape index (κ2) is 12.0. The van der Waals surface area contributed by atoms with E-state index in [1.54, 1.807) is 13.2 Å². The summed E-state index contributed by atoms with van der Waals surface area (Å²) in [6, 6.07) is 25.0. The highest BCUT2D eigenvalue weighted by molar-refractivity contribution is 5.99. The molecule has 0 atom stereocenters. The number of urea groups is 1. The minimum absolute atomic E-state index is 0.311. The summed E-state index contributed by atoms with van der Waals surface area (Å²) in [6.07, 6.45) is 0.938. The molecule has 7 nitrogen and oxygen atoms in total. The number of nitrogens with zero attached hydrogens (tertiary/aromatic N) is 2. The highest BCUT2D eigenvalue weighted by atomic mass is 16.5. The summed E-state index contributed by atoms with van der Waals surface area (Å²) in [6.45, 7) is 5.82. The lowest BCUT2D eigenvalue weighted by Crippen LogP contribution is -2.46. The number of hydrogen-bond acceptors (Lipinski definition) is 5. The molecule has 0 aliphatic carbocycles. The number of hydrogen-bond donors (Lipinski definition) is 2. The van der Waals surface area contributed by atoms with Crippen molar-refractivity contribution in [2.45, 2.75) is 6.42 Å². The van der Waals surface area contributed by atoms with Crippen LogP contribution in [0.15, 0.2) is 78.9 Å². The van der Waals surface area contributed by atoms with Crippen LogP contribution in [-0.2, 0) is 0 Å². The Morgan fingerprint density at radius 3 is 2.21 bits per heavy atom. The second-order valence-electron chi connectivity index (χ2n) is 8.18. The SMILES string of the molecule is COc1cc(NC(=O)Nc2ccccc2)ccc1OCCCN1CCN(c2ccccc2)CC1. The Hall–Kier alpha value is -3.71. The molecule has 0 saturated carbocycles. The fourth-order valence-corrected chi connectivity index (χ4v) is 4.02. The molecule has 0 bridgehead atoms. The summed E-state index contributed by atoms with van der Waals surface area (Å²) in [5.74, 6) is 1.26. The molecular weight excluding hydrogens is 428 g/mol. The first-order chi connectivity index (χ1) is 16.7. The van der Waals surface area contributed by atoms with Crippen molar-refractivity contribution < 1.29 is 14.3 Å². The molecule has 3 aromatic rings. The molecule has 2 amide bonds. The Morgan fingerprint density at radius 2 is 1.50 bits per heavy atom. The number of ether oxygens (including phenoxy) is 2. The van der Waals surface area contributed by atoms with Gasteiger partial charge in [-0.1, -0.05) is 36.4 Å². The van der Waals surface area contributed by atoms with Crippen molar-refractivity contribution in [1.82, 2.24) is 4.90 Å². The average Bonchev–Trinajstić information content (AvgIpc) is 2.88. The Bertz CT molecular complexity index is 1040. The fourth-order valence-electron chi connectivity index (χ4n) is 4.02. The van der Waals surface area contributed by atoms with E-state index in [4.69, 9.17) is 9.47 Å². The Kier molecular flexibility index (Phi) is 8.24.